The molecule has 0 fully saturated rings. The molecule has 168 valence electrons. The third-order valence-corrected chi connectivity index (χ3v) is 4.52. The van der Waals surface area contributed by atoms with Gasteiger partial charge in [0.25, 0.3) is 5.91 Å². The van der Waals surface area contributed by atoms with Gasteiger partial charge in [-0.05, 0) is 67.1 Å². The highest BCUT2D eigenvalue weighted by Gasteiger charge is 2.11. The number of anilines is 2. The molecule has 3 aromatic carbocycles. The van der Waals surface area contributed by atoms with Crippen LogP contribution >= 0.6 is 11.6 Å². The fraction of sp³-hybridized carbons (Fsp3) is 0.0800. The molecule has 8 heteroatoms. The molecule has 0 aliphatic carbocycles. The molecule has 0 spiro atoms. The van der Waals surface area contributed by atoms with Crippen molar-refractivity contribution in [2.24, 2.45) is 0 Å². The highest BCUT2D eigenvalue weighted by Crippen LogP contribution is 2.23. The quantitative estimate of drug-likeness (QED) is 0.262. The van der Waals surface area contributed by atoms with Crippen molar-refractivity contribution < 1.29 is 23.9 Å². The van der Waals surface area contributed by atoms with Crippen LogP contribution in [0.1, 0.15) is 22.8 Å². The van der Waals surface area contributed by atoms with Gasteiger partial charge >= 0.3 is 6.16 Å². The summed E-state index contributed by atoms with van der Waals surface area (Å²) < 4.78 is 9.69. The fourth-order valence-corrected chi connectivity index (χ4v) is 2.97. The van der Waals surface area contributed by atoms with Crippen LogP contribution in [-0.2, 0) is 9.53 Å². The summed E-state index contributed by atoms with van der Waals surface area (Å²) in [6.45, 7) is 1.87. The average molecular weight is 465 g/mol. The van der Waals surface area contributed by atoms with Crippen molar-refractivity contribution in [2.45, 2.75) is 6.92 Å². The Morgan fingerprint density at radius 1 is 0.909 bits per heavy atom. The molecule has 3 aromatic rings. The Balaban J connectivity index is 1.64. The lowest BCUT2D eigenvalue weighted by atomic mass is 10.2. The zero-order valence-corrected chi connectivity index (χ0v) is 18.5. The Labute approximate surface area is 196 Å². The van der Waals surface area contributed by atoms with E-state index < -0.39 is 12.1 Å². The summed E-state index contributed by atoms with van der Waals surface area (Å²) >= 11 is 5.95. The Kier molecular flexibility index (Phi) is 8.21. The van der Waals surface area contributed by atoms with Gasteiger partial charge in [-0.1, -0.05) is 35.9 Å². The van der Waals surface area contributed by atoms with E-state index in [-0.39, 0.29) is 18.3 Å². The first-order valence-corrected chi connectivity index (χ1v) is 10.4. The molecule has 0 saturated carbocycles. The summed E-state index contributed by atoms with van der Waals surface area (Å²) in [5, 5.41) is 6.09. The number of rotatable bonds is 7. The maximum Gasteiger partial charge on any atom is 0.513 e. The number of amides is 2. The van der Waals surface area contributed by atoms with Gasteiger partial charge in [0.05, 0.1) is 18.0 Å². The van der Waals surface area contributed by atoms with E-state index in [1.54, 1.807) is 55.5 Å². The van der Waals surface area contributed by atoms with Crippen molar-refractivity contribution in [1.29, 1.82) is 0 Å². The first-order valence-electron chi connectivity index (χ1n) is 10.0. The number of hydrogen-bond acceptors (Lipinski definition) is 5. The fourth-order valence-electron chi connectivity index (χ4n) is 2.77. The van der Waals surface area contributed by atoms with Crippen LogP contribution in [-0.4, -0.2) is 24.6 Å². The largest absolute Gasteiger partial charge is 0.513 e. The van der Waals surface area contributed by atoms with Gasteiger partial charge < -0.3 is 20.1 Å². The SMILES string of the molecule is CCOC(=O)Oc1ccc(C(=O)Nc2ccccc2NC(=O)/C=C/c2cccc(Cl)c2)cc1. The lowest BCUT2D eigenvalue weighted by molar-refractivity contribution is -0.111. The van der Waals surface area contributed by atoms with Gasteiger partial charge in [-0.25, -0.2) is 4.79 Å². The van der Waals surface area contributed by atoms with E-state index in [1.165, 1.54) is 30.3 Å². The molecule has 0 atom stereocenters. The Morgan fingerprint density at radius 2 is 1.61 bits per heavy atom. The minimum atomic E-state index is -0.816. The smallest absolute Gasteiger partial charge is 0.434 e. The van der Waals surface area contributed by atoms with E-state index in [0.29, 0.717) is 22.0 Å². The van der Waals surface area contributed by atoms with Gasteiger partial charge in [0.2, 0.25) is 5.91 Å². The van der Waals surface area contributed by atoms with Crippen molar-refractivity contribution in [3.8, 4) is 5.75 Å². The molecule has 2 amide bonds. The normalized spacial score (nSPS) is 10.5. The summed E-state index contributed by atoms with van der Waals surface area (Å²) in [6, 6.07) is 19.9. The first-order chi connectivity index (χ1) is 15.9. The predicted molar refractivity (Wildman–Crippen MR) is 128 cm³/mol. The number of carbonyl (C=O) groups excluding carboxylic acids is 3. The number of carbonyl (C=O) groups is 3. The van der Waals surface area contributed by atoms with E-state index in [1.807, 2.05) is 6.07 Å². The van der Waals surface area contributed by atoms with E-state index in [4.69, 9.17) is 21.1 Å². The molecule has 2 N–H and O–H groups in total. The van der Waals surface area contributed by atoms with Gasteiger partial charge in [-0.2, -0.15) is 0 Å². The van der Waals surface area contributed by atoms with Crippen LogP contribution in [0.5, 0.6) is 5.75 Å². The summed E-state index contributed by atoms with van der Waals surface area (Å²) in [7, 11) is 0. The second-order valence-corrected chi connectivity index (χ2v) is 7.12. The van der Waals surface area contributed by atoms with Crippen LogP contribution in [0, 0.1) is 0 Å². The number of nitrogens with one attached hydrogen (secondary N) is 2. The third-order valence-electron chi connectivity index (χ3n) is 4.29. The lowest BCUT2D eigenvalue weighted by Crippen LogP contribution is -2.15. The van der Waals surface area contributed by atoms with Gasteiger partial charge in [-0.15, -0.1) is 0 Å². The van der Waals surface area contributed by atoms with E-state index >= 15 is 0 Å². The molecular weight excluding hydrogens is 444 g/mol. The van der Waals surface area contributed by atoms with Crippen molar-refractivity contribution in [2.75, 3.05) is 17.2 Å². The summed E-state index contributed by atoms with van der Waals surface area (Å²) in [6.07, 6.45) is 2.21. The summed E-state index contributed by atoms with van der Waals surface area (Å²) in [5.41, 5.74) is 2.00. The Morgan fingerprint density at radius 3 is 2.27 bits per heavy atom. The second kappa shape index (κ2) is 11.5. The van der Waals surface area contributed by atoms with E-state index in [2.05, 4.69) is 10.6 Å². The van der Waals surface area contributed by atoms with Gasteiger partial charge in [0, 0.05) is 16.7 Å². The number of halogens is 1. The zero-order valence-electron chi connectivity index (χ0n) is 17.7. The molecule has 0 saturated heterocycles. The molecule has 3 rings (SSSR count). The Bertz CT molecular complexity index is 1180. The van der Waals surface area contributed by atoms with Crippen molar-refractivity contribution >= 4 is 47.0 Å². The monoisotopic (exact) mass is 464 g/mol. The van der Waals surface area contributed by atoms with Crippen molar-refractivity contribution in [1.82, 2.24) is 0 Å². The van der Waals surface area contributed by atoms with Crippen LogP contribution in [0.3, 0.4) is 0 Å². The van der Waals surface area contributed by atoms with Crippen LogP contribution in [0.2, 0.25) is 5.02 Å². The molecule has 0 aliphatic rings. The number of benzene rings is 3. The lowest BCUT2D eigenvalue weighted by Gasteiger charge is -2.11. The highest BCUT2D eigenvalue weighted by molar-refractivity contribution is 6.30. The number of hydrogen-bond donors (Lipinski definition) is 2. The van der Waals surface area contributed by atoms with Crippen LogP contribution in [0.15, 0.2) is 78.9 Å². The van der Waals surface area contributed by atoms with E-state index in [9.17, 15) is 14.4 Å². The van der Waals surface area contributed by atoms with Crippen LogP contribution in [0.25, 0.3) is 6.08 Å². The molecular formula is C25H21ClN2O5. The zero-order chi connectivity index (χ0) is 23.6. The molecule has 0 heterocycles. The van der Waals surface area contributed by atoms with Crippen molar-refractivity contribution in [3.05, 3.63) is 95.0 Å². The highest BCUT2D eigenvalue weighted by atomic mass is 35.5. The van der Waals surface area contributed by atoms with Gasteiger partial charge in [-0.3, -0.25) is 9.59 Å². The molecule has 0 aromatic heterocycles. The van der Waals surface area contributed by atoms with Gasteiger partial charge in [0.15, 0.2) is 0 Å². The second-order valence-electron chi connectivity index (χ2n) is 6.69. The first kappa shape index (κ1) is 23.6. The molecule has 33 heavy (non-hydrogen) atoms. The number of para-hydroxylation sites is 2. The molecule has 0 radical (unpaired) electrons. The van der Waals surface area contributed by atoms with E-state index in [0.717, 1.165) is 5.56 Å². The predicted octanol–water partition coefficient (Wildman–Crippen LogP) is 5.78. The summed E-state index contributed by atoms with van der Waals surface area (Å²) in [5.74, 6) is -0.504. The Hall–Kier alpha value is -4.10. The van der Waals surface area contributed by atoms with Crippen LogP contribution < -0.4 is 15.4 Å². The molecule has 0 unspecified atom stereocenters. The maximum absolute atomic E-state index is 12.6. The minimum Gasteiger partial charge on any atom is -0.434 e. The third kappa shape index (κ3) is 7.22. The molecule has 7 nitrogen and oxygen atoms in total. The topological polar surface area (TPSA) is 93.7 Å². The maximum atomic E-state index is 12.6. The van der Waals surface area contributed by atoms with Crippen molar-refractivity contribution in [3.63, 3.8) is 0 Å². The summed E-state index contributed by atoms with van der Waals surface area (Å²) in [4.78, 5) is 36.4. The minimum absolute atomic E-state index is 0.200. The van der Waals surface area contributed by atoms with Gasteiger partial charge in [0.1, 0.15) is 5.75 Å². The van der Waals surface area contributed by atoms with Crippen LogP contribution in [0.4, 0.5) is 16.2 Å². The molecule has 0 aliphatic heterocycles. The number of ether oxygens (including phenoxy) is 2. The average Bonchev–Trinajstić information content (AvgIpc) is 2.80. The standard InChI is InChI=1S/C25H21ClN2O5/c1-2-32-25(31)33-20-13-11-18(12-14-20)24(30)28-22-9-4-3-8-21(22)27-23(29)15-10-17-6-5-7-19(26)16-17/h3-16H,2H2,1H3,(H,27,29)(H,28,30)/b15-10+. The molecule has 0 bridgehead atoms.